The summed E-state index contributed by atoms with van der Waals surface area (Å²) in [5.74, 6) is -1.44. The lowest BCUT2D eigenvalue weighted by atomic mass is 9.98. The molecule has 3 aromatic rings. The zero-order chi connectivity index (χ0) is 29.9. The minimum atomic E-state index is -4.85. The van der Waals surface area contributed by atoms with Crippen LogP contribution in [0.15, 0.2) is 47.0 Å². The zero-order valence-corrected chi connectivity index (χ0v) is 23.1. The number of hydrogen-bond donors (Lipinski definition) is 2. The zero-order valence-electron chi connectivity index (χ0n) is 23.1. The number of benzene rings is 1. The van der Waals surface area contributed by atoms with Crippen LogP contribution in [0.3, 0.4) is 0 Å². The van der Waals surface area contributed by atoms with Crippen LogP contribution in [0, 0.1) is 11.8 Å². The standard InChI is InChI=1S/C29H32F3N5O5/c1-18-5-4-12-37(16-18)28-35-25(29(30,31)32)24(42-28)26(38)34-20-8-9-23(33-15-20)36-13-10-19(11-14-36)17-41-22-7-3-2-6-21(22)27(39)40/h2-3,6-9,15,18-19H,4-5,10-14,16-17H2,1H3,(H,34,38)(H,39,40). The van der Waals surface area contributed by atoms with Gasteiger partial charge in [-0.3, -0.25) is 4.79 Å². The van der Waals surface area contributed by atoms with Crippen molar-refractivity contribution in [2.45, 2.75) is 38.8 Å². The Kier molecular flexibility index (Phi) is 8.55. The van der Waals surface area contributed by atoms with E-state index >= 15 is 0 Å². The number of carboxylic acid groups (broad SMARTS) is 1. The van der Waals surface area contributed by atoms with Crippen LogP contribution >= 0.6 is 0 Å². The molecule has 0 bridgehead atoms. The monoisotopic (exact) mass is 587 g/mol. The summed E-state index contributed by atoms with van der Waals surface area (Å²) in [6.07, 6.45) is -0.0811. The molecular formula is C29H32F3N5O5. The second kappa shape index (κ2) is 12.3. The predicted octanol–water partition coefficient (Wildman–Crippen LogP) is 5.57. The number of halogens is 3. The van der Waals surface area contributed by atoms with Crippen LogP contribution < -0.4 is 19.9 Å². The molecule has 10 nitrogen and oxygen atoms in total. The summed E-state index contributed by atoms with van der Waals surface area (Å²) in [7, 11) is 0. The molecule has 0 spiro atoms. The highest BCUT2D eigenvalue weighted by atomic mass is 19.4. The van der Waals surface area contributed by atoms with Crippen molar-refractivity contribution in [3.63, 3.8) is 0 Å². The van der Waals surface area contributed by atoms with E-state index in [1.54, 1.807) is 35.2 Å². The highest BCUT2D eigenvalue weighted by molar-refractivity contribution is 6.03. The average molecular weight is 588 g/mol. The van der Waals surface area contributed by atoms with Crippen LogP contribution in [0.5, 0.6) is 5.75 Å². The molecule has 1 amide bonds. The van der Waals surface area contributed by atoms with Gasteiger partial charge < -0.3 is 29.4 Å². The summed E-state index contributed by atoms with van der Waals surface area (Å²) < 4.78 is 52.3. The number of carbonyl (C=O) groups excluding carboxylic acids is 1. The fourth-order valence-corrected chi connectivity index (χ4v) is 5.29. The van der Waals surface area contributed by atoms with Crippen molar-refractivity contribution < 1.29 is 37.0 Å². The van der Waals surface area contributed by atoms with E-state index in [9.17, 15) is 27.9 Å². The molecular weight excluding hydrogens is 555 g/mol. The number of para-hydroxylation sites is 1. The molecule has 42 heavy (non-hydrogen) atoms. The number of piperidine rings is 2. The van der Waals surface area contributed by atoms with Gasteiger partial charge in [0.15, 0.2) is 5.69 Å². The van der Waals surface area contributed by atoms with Crippen molar-refractivity contribution in [2.75, 3.05) is 47.9 Å². The predicted molar refractivity (Wildman–Crippen MR) is 148 cm³/mol. The Bertz CT molecular complexity index is 1400. The number of anilines is 3. The quantitative estimate of drug-likeness (QED) is 0.348. The lowest BCUT2D eigenvalue weighted by Crippen LogP contribution is -2.36. The van der Waals surface area contributed by atoms with Gasteiger partial charge in [0, 0.05) is 26.2 Å². The molecule has 13 heteroatoms. The van der Waals surface area contributed by atoms with Crippen LogP contribution in [-0.4, -0.2) is 59.7 Å². The maximum Gasteiger partial charge on any atom is 0.437 e. The summed E-state index contributed by atoms with van der Waals surface area (Å²) in [6, 6.07) is 9.60. The number of nitrogens with one attached hydrogen (secondary N) is 1. The lowest BCUT2D eigenvalue weighted by Gasteiger charge is -2.32. The Balaban J connectivity index is 1.17. The molecule has 224 valence electrons. The van der Waals surface area contributed by atoms with Crippen molar-refractivity contribution >= 4 is 29.4 Å². The van der Waals surface area contributed by atoms with Crippen molar-refractivity contribution in [2.24, 2.45) is 11.8 Å². The number of pyridine rings is 1. The summed E-state index contributed by atoms with van der Waals surface area (Å²) >= 11 is 0. The Morgan fingerprint density at radius 3 is 2.52 bits per heavy atom. The van der Waals surface area contributed by atoms with E-state index < -0.39 is 29.5 Å². The fraction of sp³-hybridized carbons (Fsp3) is 0.448. The topological polar surface area (TPSA) is 121 Å². The van der Waals surface area contributed by atoms with E-state index in [0.717, 1.165) is 25.7 Å². The normalized spacial score (nSPS) is 18.1. The number of aromatic carboxylic acids is 1. The largest absolute Gasteiger partial charge is 0.492 e. The van der Waals surface area contributed by atoms with Gasteiger partial charge in [-0.25, -0.2) is 9.78 Å². The summed E-state index contributed by atoms with van der Waals surface area (Å²) in [4.78, 5) is 36.0. The molecule has 2 saturated heterocycles. The summed E-state index contributed by atoms with van der Waals surface area (Å²) in [5.41, 5.74) is -1.00. The average Bonchev–Trinajstić information content (AvgIpc) is 3.44. The molecule has 2 N–H and O–H groups in total. The van der Waals surface area contributed by atoms with Gasteiger partial charge in [-0.05, 0) is 61.8 Å². The minimum Gasteiger partial charge on any atom is -0.492 e. The van der Waals surface area contributed by atoms with Crippen molar-refractivity contribution in [3.8, 4) is 5.75 Å². The summed E-state index contributed by atoms with van der Waals surface area (Å²) in [5, 5.41) is 11.8. The number of hydrogen-bond acceptors (Lipinski definition) is 8. The molecule has 0 aliphatic carbocycles. The van der Waals surface area contributed by atoms with Crippen LogP contribution in [0.25, 0.3) is 0 Å². The highest BCUT2D eigenvalue weighted by Crippen LogP contribution is 2.35. The number of amides is 1. The Morgan fingerprint density at radius 2 is 1.86 bits per heavy atom. The van der Waals surface area contributed by atoms with E-state index in [1.165, 1.54) is 12.3 Å². The van der Waals surface area contributed by atoms with E-state index in [-0.39, 0.29) is 29.1 Å². The van der Waals surface area contributed by atoms with Crippen molar-refractivity contribution in [1.29, 1.82) is 0 Å². The lowest BCUT2D eigenvalue weighted by molar-refractivity contribution is -0.141. The van der Waals surface area contributed by atoms with Crippen LogP contribution in [-0.2, 0) is 6.18 Å². The molecule has 0 radical (unpaired) electrons. The number of ether oxygens (including phenoxy) is 1. The van der Waals surface area contributed by atoms with Gasteiger partial charge in [-0.2, -0.15) is 18.2 Å². The Labute approximate surface area is 240 Å². The van der Waals surface area contributed by atoms with E-state index in [0.29, 0.717) is 44.4 Å². The van der Waals surface area contributed by atoms with Gasteiger partial charge >= 0.3 is 12.1 Å². The number of carbonyl (C=O) groups is 2. The van der Waals surface area contributed by atoms with E-state index in [4.69, 9.17) is 9.15 Å². The third-order valence-corrected chi connectivity index (χ3v) is 7.55. The SMILES string of the molecule is CC1CCCN(c2nc(C(F)(F)F)c(C(=O)Nc3ccc(N4CCC(COc5ccccc5C(=O)O)CC4)nc3)o2)C1. The summed E-state index contributed by atoms with van der Waals surface area (Å²) in [6.45, 7) is 4.81. The molecule has 1 unspecified atom stereocenters. The van der Waals surface area contributed by atoms with Gasteiger partial charge in [0.1, 0.15) is 17.1 Å². The van der Waals surface area contributed by atoms with E-state index in [1.807, 2.05) is 6.92 Å². The maximum atomic E-state index is 13.7. The number of oxazole rings is 1. The van der Waals surface area contributed by atoms with Crippen molar-refractivity contribution in [1.82, 2.24) is 9.97 Å². The number of aromatic nitrogens is 2. The van der Waals surface area contributed by atoms with Crippen LogP contribution in [0.1, 0.15) is 59.2 Å². The molecule has 2 aromatic heterocycles. The molecule has 0 saturated carbocycles. The van der Waals surface area contributed by atoms with Gasteiger partial charge in [0.25, 0.3) is 11.9 Å². The van der Waals surface area contributed by atoms with Crippen molar-refractivity contribution in [3.05, 3.63) is 59.6 Å². The van der Waals surface area contributed by atoms with Crippen LogP contribution in [0.4, 0.5) is 30.7 Å². The molecule has 1 atom stereocenters. The molecule has 2 aliphatic rings. The Morgan fingerprint density at radius 1 is 1.10 bits per heavy atom. The number of rotatable bonds is 8. The number of nitrogens with zero attached hydrogens (tertiary/aromatic N) is 4. The van der Waals surface area contributed by atoms with Gasteiger partial charge in [0.2, 0.25) is 5.76 Å². The first-order valence-electron chi connectivity index (χ1n) is 13.9. The van der Waals surface area contributed by atoms with Crippen LogP contribution in [0.2, 0.25) is 0 Å². The highest BCUT2D eigenvalue weighted by Gasteiger charge is 2.42. The number of carboxylic acids is 1. The third kappa shape index (κ3) is 6.77. The first-order chi connectivity index (χ1) is 20.1. The molecule has 2 aliphatic heterocycles. The Hall–Kier alpha value is -4.29. The molecule has 4 heterocycles. The number of alkyl halides is 3. The smallest absolute Gasteiger partial charge is 0.437 e. The van der Waals surface area contributed by atoms with Gasteiger partial charge in [-0.15, -0.1) is 0 Å². The molecule has 5 rings (SSSR count). The minimum absolute atomic E-state index is 0.126. The van der Waals surface area contributed by atoms with Gasteiger partial charge in [0.05, 0.1) is 18.5 Å². The second-order valence-electron chi connectivity index (χ2n) is 10.8. The third-order valence-electron chi connectivity index (χ3n) is 7.55. The first-order valence-corrected chi connectivity index (χ1v) is 13.9. The first kappa shape index (κ1) is 29.2. The molecule has 2 fully saturated rings. The second-order valence-corrected chi connectivity index (χ2v) is 10.8. The van der Waals surface area contributed by atoms with E-state index in [2.05, 4.69) is 20.2 Å². The fourth-order valence-electron chi connectivity index (χ4n) is 5.29. The van der Waals surface area contributed by atoms with Gasteiger partial charge in [-0.1, -0.05) is 19.1 Å². The molecule has 1 aromatic carbocycles. The maximum absolute atomic E-state index is 13.7.